The highest BCUT2D eigenvalue weighted by Crippen LogP contribution is 2.12. The number of pyridine rings is 2. The summed E-state index contributed by atoms with van der Waals surface area (Å²) in [4.78, 5) is 16.2. The number of ether oxygens (including phenoxy) is 2. The van der Waals surface area contributed by atoms with Crippen LogP contribution in [0, 0.1) is 3.70 Å². The summed E-state index contributed by atoms with van der Waals surface area (Å²) in [5.41, 5.74) is -0.0811. The first kappa shape index (κ1) is 13.4. The lowest BCUT2D eigenvalue weighted by atomic mass is 10.2. The molecule has 0 bridgehead atoms. The van der Waals surface area contributed by atoms with Gasteiger partial charge < -0.3 is 9.47 Å². The average Bonchev–Trinajstić information content (AvgIpc) is 2.38. The molecule has 0 saturated carbocycles. The van der Waals surface area contributed by atoms with E-state index in [1.165, 1.54) is 0 Å². The Balaban J connectivity index is 2.30. The van der Waals surface area contributed by atoms with Crippen LogP contribution in [-0.2, 0) is 16.2 Å². The molecule has 0 aliphatic rings. The number of fused-ring (bicyclic) bond motifs is 1. The van der Waals surface area contributed by atoms with Crippen LogP contribution in [0.3, 0.4) is 0 Å². The fraction of sp³-hybridized carbons (Fsp3) is 0.333. The topological polar surface area (TPSA) is 53.4 Å². The second kappa shape index (κ2) is 6.26. The number of methoxy groups -OCH3 is 1. The number of nitrogens with zero attached hydrogens (tertiary/aromatic N) is 2. The van der Waals surface area contributed by atoms with Crippen molar-refractivity contribution in [2.24, 2.45) is 0 Å². The van der Waals surface area contributed by atoms with E-state index in [0.717, 1.165) is 9.09 Å². The smallest absolute Gasteiger partial charge is 0.262 e. The van der Waals surface area contributed by atoms with E-state index in [2.05, 4.69) is 27.6 Å². The standard InChI is InChI=1S/C12H13IN2O3/c1-17-4-5-18-8-15-11(13)6-9-2-3-14-7-10(9)12(15)16/h2-3,6-7H,4-5,8H2,1H3. The highest BCUT2D eigenvalue weighted by atomic mass is 127. The van der Waals surface area contributed by atoms with Gasteiger partial charge in [-0.3, -0.25) is 14.3 Å². The molecule has 0 fully saturated rings. The van der Waals surface area contributed by atoms with Crippen LogP contribution in [0.1, 0.15) is 0 Å². The summed E-state index contributed by atoms with van der Waals surface area (Å²) in [5.74, 6) is 0. The monoisotopic (exact) mass is 360 g/mol. The maximum absolute atomic E-state index is 12.2. The van der Waals surface area contributed by atoms with Gasteiger partial charge in [-0.25, -0.2) is 0 Å². The molecule has 0 amide bonds. The third-order valence-electron chi connectivity index (χ3n) is 2.52. The number of hydrogen-bond acceptors (Lipinski definition) is 4. The summed E-state index contributed by atoms with van der Waals surface area (Å²) in [5, 5.41) is 1.50. The zero-order valence-corrected chi connectivity index (χ0v) is 12.1. The number of halogens is 1. The molecule has 18 heavy (non-hydrogen) atoms. The molecule has 0 saturated heterocycles. The molecular formula is C12H13IN2O3. The van der Waals surface area contributed by atoms with Crippen molar-refractivity contribution in [1.29, 1.82) is 0 Å². The van der Waals surface area contributed by atoms with E-state index >= 15 is 0 Å². The van der Waals surface area contributed by atoms with Crippen LogP contribution in [0.4, 0.5) is 0 Å². The minimum atomic E-state index is -0.0811. The second-order valence-corrected chi connectivity index (χ2v) is 4.80. The fourth-order valence-electron chi connectivity index (χ4n) is 1.58. The van der Waals surface area contributed by atoms with E-state index in [-0.39, 0.29) is 12.3 Å². The fourth-order valence-corrected chi connectivity index (χ4v) is 2.27. The van der Waals surface area contributed by atoms with Gasteiger partial charge in [0.05, 0.1) is 22.3 Å². The Morgan fingerprint density at radius 3 is 3.06 bits per heavy atom. The molecule has 0 spiro atoms. The van der Waals surface area contributed by atoms with Gasteiger partial charge in [0.25, 0.3) is 5.56 Å². The Hall–Kier alpha value is -0.990. The van der Waals surface area contributed by atoms with Crippen molar-refractivity contribution in [2.75, 3.05) is 20.3 Å². The molecule has 96 valence electrons. The van der Waals surface area contributed by atoms with Crippen LogP contribution >= 0.6 is 22.6 Å². The zero-order chi connectivity index (χ0) is 13.0. The molecule has 0 atom stereocenters. The van der Waals surface area contributed by atoms with Crippen LogP contribution in [0.5, 0.6) is 0 Å². The van der Waals surface area contributed by atoms with Crippen molar-refractivity contribution >= 4 is 33.4 Å². The van der Waals surface area contributed by atoms with Gasteiger partial charge in [-0.15, -0.1) is 0 Å². The van der Waals surface area contributed by atoms with E-state index in [9.17, 15) is 4.79 Å². The van der Waals surface area contributed by atoms with Gasteiger partial charge in [0, 0.05) is 19.5 Å². The molecule has 5 nitrogen and oxygen atoms in total. The summed E-state index contributed by atoms with van der Waals surface area (Å²) in [6.45, 7) is 1.20. The first-order chi connectivity index (χ1) is 8.74. The summed E-state index contributed by atoms with van der Waals surface area (Å²) in [7, 11) is 1.61. The highest BCUT2D eigenvalue weighted by molar-refractivity contribution is 14.1. The lowest BCUT2D eigenvalue weighted by Gasteiger charge is -2.10. The molecule has 2 aromatic heterocycles. The van der Waals surface area contributed by atoms with E-state index in [4.69, 9.17) is 9.47 Å². The van der Waals surface area contributed by atoms with Gasteiger partial charge >= 0.3 is 0 Å². The number of rotatable bonds is 5. The normalized spacial score (nSPS) is 11.0. The van der Waals surface area contributed by atoms with Gasteiger partial charge in [0.1, 0.15) is 6.73 Å². The predicted octanol–water partition coefficient (Wildman–Crippen LogP) is 1.62. The van der Waals surface area contributed by atoms with Gasteiger partial charge in [-0.05, 0) is 40.1 Å². The maximum Gasteiger partial charge on any atom is 0.262 e. The Bertz CT molecular complexity index is 597. The lowest BCUT2D eigenvalue weighted by molar-refractivity contribution is 0.0318. The zero-order valence-electron chi connectivity index (χ0n) is 9.93. The predicted molar refractivity (Wildman–Crippen MR) is 76.5 cm³/mol. The lowest BCUT2D eigenvalue weighted by Crippen LogP contribution is -2.24. The third kappa shape index (κ3) is 2.88. The van der Waals surface area contributed by atoms with Crippen LogP contribution in [0.25, 0.3) is 10.8 Å². The molecule has 0 aliphatic carbocycles. The van der Waals surface area contributed by atoms with E-state index in [1.54, 1.807) is 24.1 Å². The van der Waals surface area contributed by atoms with Crippen molar-refractivity contribution < 1.29 is 9.47 Å². The average molecular weight is 360 g/mol. The SMILES string of the molecule is COCCOCn1c(I)cc2ccncc2c1=O. The van der Waals surface area contributed by atoms with Gasteiger partial charge in [0.15, 0.2) is 0 Å². The van der Waals surface area contributed by atoms with Crippen molar-refractivity contribution in [2.45, 2.75) is 6.73 Å². The van der Waals surface area contributed by atoms with Crippen LogP contribution in [-0.4, -0.2) is 29.9 Å². The van der Waals surface area contributed by atoms with E-state index < -0.39 is 0 Å². The van der Waals surface area contributed by atoms with Gasteiger partial charge in [-0.2, -0.15) is 0 Å². The molecule has 6 heteroatoms. The van der Waals surface area contributed by atoms with E-state index in [1.807, 2.05) is 12.1 Å². The molecule has 0 unspecified atom stereocenters. The summed E-state index contributed by atoms with van der Waals surface area (Å²) >= 11 is 2.13. The van der Waals surface area contributed by atoms with Crippen molar-refractivity contribution in [3.05, 3.63) is 38.6 Å². The van der Waals surface area contributed by atoms with Crippen molar-refractivity contribution in [1.82, 2.24) is 9.55 Å². The molecule has 2 heterocycles. The Labute approximate surface area is 118 Å². The first-order valence-electron chi connectivity index (χ1n) is 5.44. The largest absolute Gasteiger partial charge is 0.382 e. The highest BCUT2D eigenvalue weighted by Gasteiger charge is 2.07. The first-order valence-corrected chi connectivity index (χ1v) is 6.51. The second-order valence-electron chi connectivity index (χ2n) is 3.69. The molecule has 0 N–H and O–H groups in total. The quantitative estimate of drug-likeness (QED) is 0.462. The molecule has 2 rings (SSSR count). The van der Waals surface area contributed by atoms with Crippen LogP contribution in [0.15, 0.2) is 29.3 Å². The van der Waals surface area contributed by atoms with E-state index in [0.29, 0.717) is 18.6 Å². The van der Waals surface area contributed by atoms with Crippen LogP contribution < -0.4 is 5.56 Å². The Morgan fingerprint density at radius 1 is 1.44 bits per heavy atom. The summed E-state index contributed by atoms with van der Waals surface area (Å²) < 4.78 is 12.7. The Kier molecular flexibility index (Phi) is 4.67. The third-order valence-corrected chi connectivity index (χ3v) is 3.41. The van der Waals surface area contributed by atoms with Gasteiger partial charge in [0.2, 0.25) is 0 Å². The van der Waals surface area contributed by atoms with Crippen molar-refractivity contribution in [3.8, 4) is 0 Å². The number of hydrogen-bond donors (Lipinski definition) is 0. The van der Waals surface area contributed by atoms with Gasteiger partial charge in [-0.1, -0.05) is 0 Å². The summed E-state index contributed by atoms with van der Waals surface area (Å²) in [6.07, 6.45) is 3.26. The molecular weight excluding hydrogens is 347 g/mol. The molecule has 0 aliphatic heterocycles. The minimum Gasteiger partial charge on any atom is -0.382 e. The van der Waals surface area contributed by atoms with Crippen LogP contribution in [0.2, 0.25) is 0 Å². The molecule has 0 radical (unpaired) electrons. The maximum atomic E-state index is 12.2. The summed E-state index contributed by atoms with van der Waals surface area (Å²) in [6, 6.07) is 3.77. The Morgan fingerprint density at radius 2 is 2.28 bits per heavy atom. The van der Waals surface area contributed by atoms with Crippen molar-refractivity contribution in [3.63, 3.8) is 0 Å². The molecule has 2 aromatic rings. The minimum absolute atomic E-state index is 0.0811. The molecule has 0 aromatic carbocycles. The number of aromatic nitrogens is 2.